The Morgan fingerprint density at radius 2 is 2.00 bits per heavy atom. The molecule has 1 amide bonds. The van der Waals surface area contributed by atoms with E-state index in [0.717, 1.165) is 37.4 Å². The summed E-state index contributed by atoms with van der Waals surface area (Å²) in [5.41, 5.74) is 1.33. The Morgan fingerprint density at radius 1 is 1.21 bits per heavy atom. The highest BCUT2D eigenvalue weighted by atomic mass is 32.1. The summed E-state index contributed by atoms with van der Waals surface area (Å²) >= 11 is 1.25. The van der Waals surface area contributed by atoms with Gasteiger partial charge in [0.15, 0.2) is 5.13 Å². The average molecular weight is 411 g/mol. The van der Waals surface area contributed by atoms with Crippen LogP contribution in [0.4, 0.5) is 5.13 Å². The molecule has 0 spiro atoms. The third kappa shape index (κ3) is 3.23. The van der Waals surface area contributed by atoms with Crippen LogP contribution in [0.1, 0.15) is 10.5 Å². The van der Waals surface area contributed by atoms with Gasteiger partial charge in [0.25, 0.3) is 11.5 Å². The van der Waals surface area contributed by atoms with Gasteiger partial charge in [0, 0.05) is 48.2 Å². The molecule has 0 unspecified atom stereocenters. The maximum Gasteiger partial charge on any atom is 0.331 e. The van der Waals surface area contributed by atoms with Gasteiger partial charge in [-0.2, -0.15) is 0 Å². The fraction of sp³-hybridized carbons (Fsp3) is 0.158. The van der Waals surface area contributed by atoms with Crippen LogP contribution in [0.15, 0.2) is 45.4 Å². The van der Waals surface area contributed by atoms with E-state index in [1.807, 2.05) is 29.8 Å². The van der Waals surface area contributed by atoms with E-state index in [-0.39, 0.29) is 5.69 Å². The van der Waals surface area contributed by atoms with Crippen LogP contribution in [-0.2, 0) is 14.1 Å². The minimum absolute atomic E-state index is 0.0355. The molecule has 0 aliphatic carbocycles. The number of fused-ring (bicyclic) bond motifs is 1. The summed E-state index contributed by atoms with van der Waals surface area (Å²) in [6.45, 7) is 0. The van der Waals surface area contributed by atoms with E-state index in [4.69, 9.17) is 4.74 Å². The molecule has 0 aliphatic rings. The molecule has 3 heterocycles. The van der Waals surface area contributed by atoms with E-state index in [0.29, 0.717) is 10.8 Å². The number of H-pyrrole nitrogens is 1. The van der Waals surface area contributed by atoms with E-state index in [1.165, 1.54) is 25.4 Å². The van der Waals surface area contributed by atoms with Crippen LogP contribution in [0.2, 0.25) is 0 Å². The van der Waals surface area contributed by atoms with E-state index in [1.54, 1.807) is 7.11 Å². The van der Waals surface area contributed by atoms with Crippen molar-refractivity contribution in [1.82, 2.24) is 19.1 Å². The molecule has 0 saturated carbocycles. The van der Waals surface area contributed by atoms with Gasteiger partial charge in [-0.05, 0) is 18.2 Å². The highest BCUT2D eigenvalue weighted by Gasteiger charge is 2.16. The molecular formula is C19H17N5O4S. The van der Waals surface area contributed by atoms with Crippen molar-refractivity contribution in [2.24, 2.45) is 14.1 Å². The quantitative estimate of drug-likeness (QED) is 0.533. The first-order chi connectivity index (χ1) is 13.9. The summed E-state index contributed by atoms with van der Waals surface area (Å²) < 4.78 is 7.34. The van der Waals surface area contributed by atoms with Gasteiger partial charge in [-0.25, -0.2) is 9.78 Å². The third-order valence-corrected chi connectivity index (χ3v) is 5.41. The normalized spacial score (nSPS) is 11.0. The first-order valence-corrected chi connectivity index (χ1v) is 9.46. The minimum atomic E-state index is -0.580. The number of aromatic nitrogens is 4. The fourth-order valence-corrected chi connectivity index (χ4v) is 3.71. The molecule has 0 atom stereocenters. The Morgan fingerprint density at radius 3 is 2.76 bits per heavy atom. The SMILES string of the molecule is COc1ccc2[nH]cc(-c3csc(NC(=O)c4cc(=O)n(C)c(=O)n4C)n3)c2c1. The van der Waals surface area contributed by atoms with Gasteiger partial charge in [-0.3, -0.25) is 24.0 Å². The second-order valence-corrected chi connectivity index (χ2v) is 7.23. The van der Waals surface area contributed by atoms with Crippen molar-refractivity contribution >= 4 is 33.3 Å². The predicted molar refractivity (Wildman–Crippen MR) is 111 cm³/mol. The molecule has 9 nitrogen and oxygen atoms in total. The number of ether oxygens (including phenoxy) is 1. The van der Waals surface area contributed by atoms with Crippen molar-refractivity contribution < 1.29 is 9.53 Å². The molecule has 10 heteroatoms. The molecule has 0 fully saturated rings. The Balaban J connectivity index is 1.65. The van der Waals surface area contributed by atoms with Gasteiger partial charge < -0.3 is 9.72 Å². The summed E-state index contributed by atoms with van der Waals surface area (Å²) in [5, 5.41) is 5.77. The van der Waals surface area contributed by atoms with Crippen molar-refractivity contribution in [3.63, 3.8) is 0 Å². The number of carbonyl (C=O) groups is 1. The molecule has 1 aromatic carbocycles. The Hall–Kier alpha value is -3.66. The van der Waals surface area contributed by atoms with E-state index < -0.39 is 17.2 Å². The maximum atomic E-state index is 12.6. The molecular weight excluding hydrogens is 394 g/mol. The predicted octanol–water partition coefficient (Wildman–Crippen LogP) is 1.95. The lowest BCUT2D eigenvalue weighted by molar-refractivity contribution is 0.101. The first kappa shape index (κ1) is 18.7. The van der Waals surface area contributed by atoms with Crippen LogP contribution in [0.5, 0.6) is 5.75 Å². The van der Waals surface area contributed by atoms with Crippen LogP contribution in [-0.4, -0.2) is 32.1 Å². The number of nitrogens with zero attached hydrogens (tertiary/aromatic N) is 3. The fourth-order valence-electron chi connectivity index (χ4n) is 3.01. The summed E-state index contributed by atoms with van der Waals surface area (Å²) in [4.78, 5) is 44.1. The molecule has 2 N–H and O–H groups in total. The summed E-state index contributed by atoms with van der Waals surface area (Å²) in [6, 6.07) is 6.82. The number of aromatic amines is 1. The number of benzene rings is 1. The molecule has 0 bridgehead atoms. The number of carbonyl (C=O) groups excluding carboxylic acids is 1. The van der Waals surface area contributed by atoms with Crippen LogP contribution < -0.4 is 21.3 Å². The molecule has 4 rings (SSSR count). The minimum Gasteiger partial charge on any atom is -0.497 e. The maximum absolute atomic E-state index is 12.6. The van der Waals surface area contributed by atoms with Crippen LogP contribution in [0.3, 0.4) is 0 Å². The first-order valence-electron chi connectivity index (χ1n) is 8.58. The molecule has 29 heavy (non-hydrogen) atoms. The highest BCUT2D eigenvalue weighted by Crippen LogP contribution is 2.33. The standard InChI is InChI=1S/C19H17N5O4S/c1-23-15(7-16(25)24(2)19(23)27)17(26)22-18-21-14(9-29-18)12-8-20-13-5-4-10(28-3)6-11(12)13/h4-9,20H,1-3H3,(H,21,22,26). The highest BCUT2D eigenvalue weighted by molar-refractivity contribution is 7.14. The largest absolute Gasteiger partial charge is 0.497 e. The lowest BCUT2D eigenvalue weighted by atomic mass is 10.1. The number of rotatable bonds is 4. The zero-order valence-corrected chi connectivity index (χ0v) is 16.7. The van der Waals surface area contributed by atoms with Crippen molar-refractivity contribution in [3.8, 4) is 17.0 Å². The number of methoxy groups -OCH3 is 1. The van der Waals surface area contributed by atoms with Gasteiger partial charge in [0.2, 0.25) is 0 Å². The number of nitrogens with one attached hydrogen (secondary N) is 2. The van der Waals surface area contributed by atoms with Crippen molar-refractivity contribution in [1.29, 1.82) is 0 Å². The number of amides is 1. The molecule has 4 aromatic rings. The molecule has 3 aromatic heterocycles. The number of hydrogen-bond acceptors (Lipinski definition) is 6. The molecule has 148 valence electrons. The van der Waals surface area contributed by atoms with E-state index >= 15 is 0 Å². The van der Waals surface area contributed by atoms with Crippen LogP contribution in [0, 0.1) is 0 Å². The van der Waals surface area contributed by atoms with Crippen molar-refractivity contribution in [2.45, 2.75) is 0 Å². The Kier molecular flexibility index (Phi) is 4.55. The number of anilines is 1. The summed E-state index contributed by atoms with van der Waals surface area (Å²) in [7, 11) is 4.40. The van der Waals surface area contributed by atoms with Crippen LogP contribution in [0.25, 0.3) is 22.2 Å². The molecule has 0 radical (unpaired) electrons. The summed E-state index contributed by atoms with van der Waals surface area (Å²) in [6.07, 6.45) is 1.84. The lowest BCUT2D eigenvalue weighted by Crippen LogP contribution is -2.40. The smallest absolute Gasteiger partial charge is 0.331 e. The second kappa shape index (κ2) is 7.06. The lowest BCUT2D eigenvalue weighted by Gasteiger charge is -2.08. The Bertz CT molecular complexity index is 1360. The average Bonchev–Trinajstić information content (AvgIpc) is 3.34. The number of hydrogen-bond donors (Lipinski definition) is 2. The monoisotopic (exact) mass is 411 g/mol. The van der Waals surface area contributed by atoms with Crippen LogP contribution >= 0.6 is 11.3 Å². The van der Waals surface area contributed by atoms with Gasteiger partial charge in [-0.1, -0.05) is 0 Å². The zero-order valence-electron chi connectivity index (χ0n) is 15.8. The van der Waals surface area contributed by atoms with E-state index in [9.17, 15) is 14.4 Å². The van der Waals surface area contributed by atoms with Crippen molar-refractivity contribution in [2.75, 3.05) is 12.4 Å². The topological polar surface area (TPSA) is 111 Å². The van der Waals surface area contributed by atoms with Gasteiger partial charge in [0.1, 0.15) is 11.4 Å². The van der Waals surface area contributed by atoms with Crippen molar-refractivity contribution in [3.05, 3.63) is 62.4 Å². The van der Waals surface area contributed by atoms with E-state index in [2.05, 4.69) is 15.3 Å². The van der Waals surface area contributed by atoms with Gasteiger partial charge >= 0.3 is 5.69 Å². The molecule has 0 saturated heterocycles. The Labute approximate surface area is 168 Å². The number of thiazole rings is 1. The molecule has 0 aliphatic heterocycles. The zero-order chi connectivity index (χ0) is 20.7. The summed E-state index contributed by atoms with van der Waals surface area (Å²) in [5.74, 6) is 0.150. The van der Waals surface area contributed by atoms with Gasteiger partial charge in [-0.15, -0.1) is 11.3 Å². The third-order valence-electron chi connectivity index (χ3n) is 4.65. The second-order valence-electron chi connectivity index (χ2n) is 6.37. The van der Waals surface area contributed by atoms with Gasteiger partial charge in [0.05, 0.1) is 12.8 Å².